The van der Waals surface area contributed by atoms with E-state index < -0.39 is 0 Å². The van der Waals surface area contributed by atoms with E-state index in [2.05, 4.69) is 35.6 Å². The third-order valence-electron chi connectivity index (χ3n) is 7.25. The van der Waals surface area contributed by atoms with Crippen molar-refractivity contribution in [2.24, 2.45) is 11.8 Å². The molecule has 1 amide bonds. The summed E-state index contributed by atoms with van der Waals surface area (Å²) in [5.74, 6) is 2.14. The molecule has 3 atom stereocenters. The highest BCUT2D eigenvalue weighted by Crippen LogP contribution is 2.32. The maximum absolute atomic E-state index is 12.6. The minimum atomic E-state index is 0.288. The van der Waals surface area contributed by atoms with Crippen molar-refractivity contribution in [3.05, 3.63) is 35.9 Å². The second-order valence-electron chi connectivity index (χ2n) is 9.23. The molecule has 2 saturated heterocycles. The first-order valence-corrected chi connectivity index (χ1v) is 11.3. The lowest BCUT2D eigenvalue weighted by Crippen LogP contribution is -3.15. The Morgan fingerprint density at radius 1 is 0.889 bits per heavy atom. The van der Waals surface area contributed by atoms with Gasteiger partial charge in [0.05, 0.1) is 26.2 Å². The number of hydrogen-bond acceptors (Lipinski definition) is 1. The van der Waals surface area contributed by atoms with Crippen molar-refractivity contribution in [2.75, 3.05) is 32.7 Å². The number of piperidine rings is 2. The van der Waals surface area contributed by atoms with Crippen molar-refractivity contribution in [3.8, 4) is 0 Å². The molecule has 3 aliphatic rings. The van der Waals surface area contributed by atoms with Crippen molar-refractivity contribution in [1.29, 1.82) is 0 Å². The van der Waals surface area contributed by atoms with E-state index >= 15 is 0 Å². The van der Waals surface area contributed by atoms with E-state index in [9.17, 15) is 4.79 Å². The highest BCUT2D eigenvalue weighted by Gasteiger charge is 2.34. The molecule has 0 aromatic heterocycles. The van der Waals surface area contributed by atoms with Crippen molar-refractivity contribution in [1.82, 2.24) is 5.32 Å². The van der Waals surface area contributed by atoms with E-state index in [1.807, 2.05) is 0 Å². The number of fused-ring (bicyclic) bond motifs is 1. The molecule has 2 aliphatic heterocycles. The number of likely N-dealkylation sites (tertiary alicyclic amines) is 2. The Hall–Kier alpha value is -1.39. The predicted molar refractivity (Wildman–Crippen MR) is 108 cm³/mol. The van der Waals surface area contributed by atoms with Gasteiger partial charge in [-0.3, -0.25) is 4.79 Å². The quantitative estimate of drug-likeness (QED) is 0.691. The third kappa shape index (κ3) is 5.32. The van der Waals surface area contributed by atoms with E-state index in [4.69, 9.17) is 0 Å². The largest absolute Gasteiger partial charge is 0.348 e. The second kappa shape index (κ2) is 9.20. The van der Waals surface area contributed by atoms with Gasteiger partial charge in [0.15, 0.2) is 6.54 Å². The van der Waals surface area contributed by atoms with Gasteiger partial charge in [-0.2, -0.15) is 0 Å². The molecule has 1 saturated carbocycles. The Balaban J connectivity index is 1.16. The summed E-state index contributed by atoms with van der Waals surface area (Å²) in [5.41, 5.74) is 1.42. The van der Waals surface area contributed by atoms with Gasteiger partial charge in [0.1, 0.15) is 6.54 Å². The fraction of sp³-hybridized carbons (Fsp3) is 0.696. The van der Waals surface area contributed by atoms with Crippen LogP contribution in [0.4, 0.5) is 0 Å². The number of carbonyl (C=O) groups excluding carboxylic acids is 1. The third-order valence-corrected chi connectivity index (χ3v) is 7.25. The van der Waals surface area contributed by atoms with Gasteiger partial charge in [-0.15, -0.1) is 0 Å². The molecule has 0 bridgehead atoms. The normalized spacial score (nSPS) is 33.9. The number of carbonyl (C=O) groups is 1. The van der Waals surface area contributed by atoms with Gasteiger partial charge >= 0.3 is 0 Å². The Labute approximate surface area is 164 Å². The number of hydrogen-bond donors (Lipinski definition) is 3. The lowest BCUT2D eigenvalue weighted by atomic mass is 9.75. The number of rotatable bonds is 5. The first kappa shape index (κ1) is 18.9. The average molecular weight is 372 g/mol. The van der Waals surface area contributed by atoms with E-state index in [0.29, 0.717) is 12.6 Å². The number of amides is 1. The molecule has 2 heterocycles. The van der Waals surface area contributed by atoms with Gasteiger partial charge in [0.25, 0.3) is 5.91 Å². The topological polar surface area (TPSA) is 38.0 Å². The Morgan fingerprint density at radius 3 is 2.37 bits per heavy atom. The molecule has 1 aliphatic carbocycles. The molecule has 4 nitrogen and oxygen atoms in total. The number of nitrogens with one attached hydrogen (secondary N) is 3. The van der Waals surface area contributed by atoms with Crippen LogP contribution in [-0.2, 0) is 11.3 Å². The van der Waals surface area contributed by atoms with E-state index in [0.717, 1.165) is 31.2 Å². The minimum Gasteiger partial charge on any atom is -0.348 e. The maximum atomic E-state index is 12.6. The Kier molecular flexibility index (Phi) is 6.46. The van der Waals surface area contributed by atoms with Crippen LogP contribution in [-0.4, -0.2) is 44.7 Å². The molecule has 1 aromatic rings. The van der Waals surface area contributed by atoms with Crippen LogP contribution in [0.2, 0.25) is 0 Å². The summed E-state index contributed by atoms with van der Waals surface area (Å²) in [6, 6.07) is 11.2. The molecule has 4 rings (SSSR count). The summed E-state index contributed by atoms with van der Waals surface area (Å²) in [4.78, 5) is 15.8. The van der Waals surface area contributed by atoms with Crippen LogP contribution in [0.1, 0.15) is 50.5 Å². The zero-order valence-electron chi connectivity index (χ0n) is 16.7. The van der Waals surface area contributed by atoms with Crippen molar-refractivity contribution >= 4 is 5.91 Å². The summed E-state index contributed by atoms with van der Waals surface area (Å²) in [7, 11) is 0. The van der Waals surface area contributed by atoms with Gasteiger partial charge in [-0.25, -0.2) is 0 Å². The van der Waals surface area contributed by atoms with Crippen LogP contribution in [0.15, 0.2) is 30.3 Å². The smallest absolute Gasteiger partial charge is 0.275 e. The minimum absolute atomic E-state index is 0.288. The van der Waals surface area contributed by atoms with Gasteiger partial charge in [0, 0.05) is 30.4 Å². The number of benzene rings is 1. The highest BCUT2D eigenvalue weighted by molar-refractivity contribution is 5.77. The van der Waals surface area contributed by atoms with Crippen molar-refractivity contribution in [2.45, 2.75) is 57.5 Å². The summed E-state index contributed by atoms with van der Waals surface area (Å²) in [5, 5.41) is 3.35. The monoisotopic (exact) mass is 371 g/mol. The van der Waals surface area contributed by atoms with E-state index in [1.54, 1.807) is 4.90 Å². The zero-order chi connectivity index (χ0) is 18.5. The molecule has 0 radical (unpaired) electrons. The van der Waals surface area contributed by atoms with Crippen molar-refractivity contribution in [3.63, 3.8) is 0 Å². The van der Waals surface area contributed by atoms with Crippen LogP contribution in [0.5, 0.6) is 0 Å². The highest BCUT2D eigenvalue weighted by atomic mass is 16.2. The number of quaternary nitrogens is 2. The average Bonchev–Trinajstić information content (AvgIpc) is 2.70. The van der Waals surface area contributed by atoms with Gasteiger partial charge < -0.3 is 15.1 Å². The summed E-state index contributed by atoms with van der Waals surface area (Å²) in [6.07, 6.45) is 9.26. The molecule has 0 spiro atoms. The SMILES string of the molecule is O=C(C[NH+]1CC[C@@H]2CCCC[C@@H]2C1)NC1CC[NH+](Cc2ccccc2)CC1. The van der Waals surface area contributed by atoms with Crippen LogP contribution >= 0.6 is 0 Å². The van der Waals surface area contributed by atoms with Gasteiger partial charge in [0.2, 0.25) is 0 Å². The summed E-state index contributed by atoms with van der Waals surface area (Å²) in [6.45, 7) is 6.58. The van der Waals surface area contributed by atoms with E-state index in [1.165, 1.54) is 68.7 Å². The molecule has 3 fully saturated rings. The Morgan fingerprint density at radius 2 is 1.59 bits per heavy atom. The zero-order valence-corrected chi connectivity index (χ0v) is 16.7. The van der Waals surface area contributed by atoms with E-state index in [-0.39, 0.29) is 5.91 Å². The maximum Gasteiger partial charge on any atom is 0.275 e. The van der Waals surface area contributed by atoms with Crippen LogP contribution in [0.25, 0.3) is 0 Å². The van der Waals surface area contributed by atoms with Crippen LogP contribution < -0.4 is 15.1 Å². The molecule has 1 aromatic carbocycles. The van der Waals surface area contributed by atoms with Crippen LogP contribution in [0, 0.1) is 11.8 Å². The lowest BCUT2D eigenvalue weighted by molar-refractivity contribution is -0.918. The standard InChI is InChI=1S/C23H35N3O/c27-23(18-26-13-10-20-8-4-5-9-21(20)17-26)24-22-11-14-25(15-12-22)16-19-6-2-1-3-7-19/h1-3,6-7,20-22H,4-5,8-18H2,(H,24,27)/p+2/t20-,21+/m0/s1. The first-order valence-electron chi connectivity index (χ1n) is 11.3. The fourth-order valence-electron chi connectivity index (χ4n) is 5.69. The molecule has 27 heavy (non-hydrogen) atoms. The molecule has 148 valence electrons. The summed E-state index contributed by atoms with van der Waals surface area (Å²) < 4.78 is 0. The fourth-order valence-corrected chi connectivity index (χ4v) is 5.69. The molecule has 3 N–H and O–H groups in total. The van der Waals surface area contributed by atoms with Gasteiger partial charge in [-0.1, -0.05) is 43.2 Å². The second-order valence-corrected chi connectivity index (χ2v) is 9.23. The lowest BCUT2D eigenvalue weighted by Gasteiger charge is -2.38. The summed E-state index contributed by atoms with van der Waals surface area (Å²) >= 11 is 0. The van der Waals surface area contributed by atoms with Crippen LogP contribution in [0.3, 0.4) is 0 Å². The molecule has 1 unspecified atom stereocenters. The Bertz CT molecular complexity index is 597. The van der Waals surface area contributed by atoms with Crippen molar-refractivity contribution < 1.29 is 14.6 Å². The van der Waals surface area contributed by atoms with Gasteiger partial charge in [-0.05, 0) is 25.2 Å². The molecular formula is C23H37N3O+2. The molecule has 4 heteroatoms. The first-order chi connectivity index (χ1) is 13.3. The molecular weight excluding hydrogens is 334 g/mol. The predicted octanol–water partition coefficient (Wildman–Crippen LogP) is 0.445.